The van der Waals surface area contributed by atoms with Gasteiger partial charge in [-0.3, -0.25) is 4.79 Å². The summed E-state index contributed by atoms with van der Waals surface area (Å²) in [6.07, 6.45) is 0.429. The highest BCUT2D eigenvalue weighted by molar-refractivity contribution is 5.84. The quantitative estimate of drug-likeness (QED) is 0.364. The summed E-state index contributed by atoms with van der Waals surface area (Å²) in [5.74, 6) is -2.16. The number of rotatable bonds is 7. The molecule has 27 heavy (non-hydrogen) atoms. The van der Waals surface area contributed by atoms with Crippen LogP contribution in [0.4, 0.5) is 0 Å². The number of nitrogens with one attached hydrogen (secondary N) is 1. The lowest BCUT2D eigenvalue weighted by molar-refractivity contribution is -0.145. The predicted octanol–water partition coefficient (Wildman–Crippen LogP) is 1.34. The summed E-state index contributed by atoms with van der Waals surface area (Å²) in [5.41, 5.74) is 1.18. The van der Waals surface area contributed by atoms with Crippen LogP contribution < -0.4 is 5.32 Å². The zero-order valence-electron chi connectivity index (χ0n) is 14.7. The zero-order valence-corrected chi connectivity index (χ0v) is 14.7. The minimum absolute atomic E-state index is 0.0541. The fraction of sp³-hybridized carbons (Fsp3) is 0.263. The van der Waals surface area contributed by atoms with Crippen LogP contribution in [0.5, 0.6) is 23.0 Å². The lowest BCUT2D eigenvalue weighted by Gasteiger charge is -2.17. The summed E-state index contributed by atoms with van der Waals surface area (Å²) < 4.78 is 4.70. The van der Waals surface area contributed by atoms with Crippen molar-refractivity contribution in [2.24, 2.45) is 0 Å². The monoisotopic (exact) mass is 375 g/mol. The van der Waals surface area contributed by atoms with Gasteiger partial charge in [-0.1, -0.05) is 12.1 Å². The standard InChI is InChI=1S/C19H21NO7/c1-27-19(26)13(8-12-3-6-15(22)17(24)10-12)20-18(25)7-4-11-2-5-14(21)16(23)9-11/h2-3,5-6,9-10,13,21-24H,4,7-8H2,1H3,(H,20,25). The van der Waals surface area contributed by atoms with Crippen LogP contribution in [0.25, 0.3) is 0 Å². The van der Waals surface area contributed by atoms with Gasteiger partial charge >= 0.3 is 5.97 Å². The maximum atomic E-state index is 12.2. The maximum absolute atomic E-state index is 12.2. The van der Waals surface area contributed by atoms with E-state index in [0.29, 0.717) is 17.5 Å². The topological polar surface area (TPSA) is 136 Å². The second-order valence-electron chi connectivity index (χ2n) is 5.99. The molecule has 0 fully saturated rings. The van der Waals surface area contributed by atoms with Gasteiger partial charge < -0.3 is 30.5 Å². The molecular formula is C19H21NO7. The SMILES string of the molecule is COC(=O)C(Cc1ccc(O)c(O)c1)NC(=O)CCc1ccc(O)c(O)c1. The van der Waals surface area contributed by atoms with E-state index in [-0.39, 0.29) is 35.8 Å². The largest absolute Gasteiger partial charge is 0.504 e. The van der Waals surface area contributed by atoms with Gasteiger partial charge in [0.25, 0.3) is 0 Å². The second-order valence-corrected chi connectivity index (χ2v) is 5.99. The molecule has 0 aromatic heterocycles. The van der Waals surface area contributed by atoms with E-state index in [2.05, 4.69) is 5.32 Å². The van der Waals surface area contributed by atoms with E-state index in [1.54, 1.807) is 6.07 Å². The Bertz CT molecular complexity index is 835. The van der Waals surface area contributed by atoms with Gasteiger partial charge in [0, 0.05) is 12.8 Å². The summed E-state index contributed by atoms with van der Waals surface area (Å²) in [4.78, 5) is 24.1. The van der Waals surface area contributed by atoms with E-state index >= 15 is 0 Å². The Labute approximate surface area is 155 Å². The molecular weight excluding hydrogens is 354 g/mol. The number of methoxy groups -OCH3 is 1. The van der Waals surface area contributed by atoms with Crippen molar-refractivity contribution >= 4 is 11.9 Å². The number of ether oxygens (including phenoxy) is 1. The molecule has 2 rings (SSSR count). The van der Waals surface area contributed by atoms with Crippen molar-refractivity contribution in [3.8, 4) is 23.0 Å². The third-order valence-corrected chi connectivity index (χ3v) is 3.98. The third kappa shape index (κ3) is 5.53. The molecule has 2 aromatic rings. The Balaban J connectivity index is 1.99. The first kappa shape index (κ1) is 19.9. The van der Waals surface area contributed by atoms with Gasteiger partial charge in [0.1, 0.15) is 6.04 Å². The van der Waals surface area contributed by atoms with Gasteiger partial charge in [0.2, 0.25) is 5.91 Å². The average Bonchev–Trinajstić information content (AvgIpc) is 2.64. The number of hydrogen-bond acceptors (Lipinski definition) is 7. The van der Waals surface area contributed by atoms with E-state index in [1.807, 2.05) is 0 Å². The first-order chi connectivity index (χ1) is 12.8. The molecule has 0 aliphatic rings. The van der Waals surface area contributed by atoms with Crippen LogP contribution in [0.2, 0.25) is 0 Å². The summed E-state index contributed by atoms with van der Waals surface area (Å²) in [5, 5.41) is 40.2. The van der Waals surface area contributed by atoms with E-state index in [1.165, 1.54) is 37.4 Å². The van der Waals surface area contributed by atoms with Crippen molar-refractivity contribution in [1.82, 2.24) is 5.32 Å². The number of aryl methyl sites for hydroxylation is 1. The molecule has 2 aromatic carbocycles. The molecule has 0 aliphatic carbocycles. The Morgan fingerprint density at radius 1 is 0.926 bits per heavy atom. The Morgan fingerprint density at radius 3 is 2.04 bits per heavy atom. The highest BCUT2D eigenvalue weighted by atomic mass is 16.5. The van der Waals surface area contributed by atoms with Crippen LogP contribution in [0.3, 0.4) is 0 Å². The molecule has 1 unspecified atom stereocenters. The summed E-state index contributed by atoms with van der Waals surface area (Å²) in [7, 11) is 1.20. The van der Waals surface area contributed by atoms with E-state index in [9.17, 15) is 30.0 Å². The fourth-order valence-electron chi connectivity index (χ4n) is 2.52. The number of aromatic hydroxyl groups is 4. The maximum Gasteiger partial charge on any atom is 0.328 e. The molecule has 0 spiro atoms. The molecule has 0 bridgehead atoms. The number of carbonyl (C=O) groups is 2. The van der Waals surface area contributed by atoms with Crippen LogP contribution in [0, 0.1) is 0 Å². The molecule has 0 saturated carbocycles. The minimum Gasteiger partial charge on any atom is -0.504 e. The smallest absolute Gasteiger partial charge is 0.328 e. The Kier molecular flexibility index (Phi) is 6.48. The molecule has 5 N–H and O–H groups in total. The van der Waals surface area contributed by atoms with Gasteiger partial charge in [-0.15, -0.1) is 0 Å². The first-order valence-corrected chi connectivity index (χ1v) is 8.19. The summed E-state index contributed by atoms with van der Waals surface area (Å²) in [6, 6.07) is 7.43. The van der Waals surface area contributed by atoms with Crippen molar-refractivity contribution < 1.29 is 34.8 Å². The second kappa shape index (κ2) is 8.79. The van der Waals surface area contributed by atoms with Crippen LogP contribution >= 0.6 is 0 Å². The minimum atomic E-state index is -0.959. The molecule has 144 valence electrons. The lowest BCUT2D eigenvalue weighted by atomic mass is 10.0. The zero-order chi connectivity index (χ0) is 20.0. The molecule has 8 nitrogen and oxygen atoms in total. The molecule has 0 aliphatic heterocycles. The number of amides is 1. The van der Waals surface area contributed by atoms with Crippen molar-refractivity contribution in [3.63, 3.8) is 0 Å². The van der Waals surface area contributed by atoms with Crippen molar-refractivity contribution in [1.29, 1.82) is 0 Å². The number of phenols is 4. The normalized spacial score (nSPS) is 11.6. The van der Waals surface area contributed by atoms with E-state index in [0.717, 1.165) is 0 Å². The molecule has 1 atom stereocenters. The molecule has 8 heteroatoms. The van der Waals surface area contributed by atoms with Crippen molar-refractivity contribution in [2.45, 2.75) is 25.3 Å². The van der Waals surface area contributed by atoms with Gasteiger partial charge in [0.15, 0.2) is 23.0 Å². The number of benzene rings is 2. The van der Waals surface area contributed by atoms with Crippen LogP contribution in [0.1, 0.15) is 17.5 Å². The van der Waals surface area contributed by atoms with Crippen LogP contribution in [-0.4, -0.2) is 45.5 Å². The predicted molar refractivity (Wildman–Crippen MR) is 95.5 cm³/mol. The molecule has 0 radical (unpaired) electrons. The van der Waals surface area contributed by atoms with E-state index < -0.39 is 17.9 Å². The third-order valence-electron chi connectivity index (χ3n) is 3.98. The Morgan fingerprint density at radius 2 is 1.48 bits per heavy atom. The van der Waals surface area contributed by atoms with Crippen molar-refractivity contribution in [2.75, 3.05) is 7.11 Å². The lowest BCUT2D eigenvalue weighted by Crippen LogP contribution is -2.43. The van der Waals surface area contributed by atoms with E-state index in [4.69, 9.17) is 4.74 Å². The molecule has 0 saturated heterocycles. The summed E-state index contributed by atoms with van der Waals surface area (Å²) >= 11 is 0. The molecule has 1 amide bonds. The van der Waals surface area contributed by atoms with Crippen molar-refractivity contribution in [3.05, 3.63) is 47.5 Å². The average molecular weight is 375 g/mol. The fourth-order valence-corrected chi connectivity index (χ4v) is 2.52. The van der Waals surface area contributed by atoms with Crippen LogP contribution in [0.15, 0.2) is 36.4 Å². The number of carbonyl (C=O) groups excluding carboxylic acids is 2. The number of phenolic OH excluding ortho intramolecular Hbond substituents is 4. The molecule has 0 heterocycles. The van der Waals surface area contributed by atoms with Gasteiger partial charge in [0.05, 0.1) is 7.11 Å². The number of hydrogen-bond donors (Lipinski definition) is 5. The highest BCUT2D eigenvalue weighted by Crippen LogP contribution is 2.26. The van der Waals surface area contributed by atoms with Gasteiger partial charge in [-0.2, -0.15) is 0 Å². The van der Waals surface area contributed by atoms with Gasteiger partial charge in [-0.25, -0.2) is 4.79 Å². The summed E-state index contributed by atoms with van der Waals surface area (Å²) in [6.45, 7) is 0. The number of esters is 1. The first-order valence-electron chi connectivity index (χ1n) is 8.19. The highest BCUT2D eigenvalue weighted by Gasteiger charge is 2.22. The van der Waals surface area contributed by atoms with Gasteiger partial charge in [-0.05, 0) is 41.8 Å². The van der Waals surface area contributed by atoms with Crippen LogP contribution in [-0.2, 0) is 27.2 Å². The Hall–Kier alpha value is -3.42.